The van der Waals surface area contributed by atoms with Crippen LogP contribution in [0.3, 0.4) is 0 Å². The van der Waals surface area contributed by atoms with Gasteiger partial charge < -0.3 is 5.32 Å². The Bertz CT molecular complexity index is 520. The minimum Gasteiger partial charge on any atom is -0.322 e. The fourth-order valence-electron chi connectivity index (χ4n) is 4.50. The first kappa shape index (κ1) is 17.2. The molecule has 2 heterocycles. The summed E-state index contributed by atoms with van der Waals surface area (Å²) in [5.41, 5.74) is 1.72. The quantitative estimate of drug-likeness (QED) is 0.760. The maximum absolute atomic E-state index is 12.6. The van der Waals surface area contributed by atoms with Crippen LogP contribution in [0.5, 0.6) is 0 Å². The minimum absolute atomic E-state index is 0.221. The van der Waals surface area contributed by atoms with Crippen molar-refractivity contribution in [3.63, 3.8) is 0 Å². The van der Waals surface area contributed by atoms with Gasteiger partial charge in [-0.2, -0.15) is 5.01 Å². The van der Waals surface area contributed by atoms with Gasteiger partial charge in [0.2, 0.25) is 0 Å². The van der Waals surface area contributed by atoms with E-state index in [-0.39, 0.29) is 18.4 Å². The summed E-state index contributed by atoms with van der Waals surface area (Å²) < 4.78 is 0. The summed E-state index contributed by atoms with van der Waals surface area (Å²) in [6.45, 7) is 6.35. The molecule has 0 bridgehead atoms. The Balaban J connectivity index is 1.58. The van der Waals surface area contributed by atoms with Gasteiger partial charge in [-0.05, 0) is 31.1 Å². The zero-order chi connectivity index (χ0) is 17.3. The van der Waals surface area contributed by atoms with Crippen molar-refractivity contribution in [2.45, 2.75) is 57.9 Å². The molecule has 24 heavy (non-hydrogen) atoms. The molecule has 0 aromatic heterocycles. The number of nitrogens with zero attached hydrogens (tertiary/aromatic N) is 2. The van der Waals surface area contributed by atoms with Gasteiger partial charge in [0.25, 0.3) is 11.8 Å². The lowest BCUT2D eigenvalue weighted by molar-refractivity contribution is -0.140. The van der Waals surface area contributed by atoms with Crippen molar-refractivity contribution in [1.82, 2.24) is 20.7 Å². The van der Waals surface area contributed by atoms with E-state index >= 15 is 0 Å². The van der Waals surface area contributed by atoms with Gasteiger partial charge in [0.15, 0.2) is 0 Å². The van der Waals surface area contributed by atoms with Gasteiger partial charge >= 0.3 is 6.03 Å². The zero-order valence-corrected chi connectivity index (χ0v) is 14.6. The molecular weight excluding hydrogens is 308 g/mol. The number of imide groups is 1. The van der Waals surface area contributed by atoms with Crippen molar-refractivity contribution in [3.05, 3.63) is 0 Å². The molecule has 1 saturated carbocycles. The molecule has 2 atom stereocenters. The van der Waals surface area contributed by atoms with Crippen LogP contribution in [-0.4, -0.2) is 52.9 Å². The molecule has 0 aromatic carbocycles. The molecule has 3 rings (SSSR count). The Hall–Kier alpha value is -1.63. The highest BCUT2D eigenvalue weighted by Gasteiger charge is 2.52. The predicted molar refractivity (Wildman–Crippen MR) is 88.7 cm³/mol. The summed E-state index contributed by atoms with van der Waals surface area (Å²) in [6.07, 6.45) is 5.43. The molecule has 7 heteroatoms. The van der Waals surface area contributed by atoms with Crippen LogP contribution in [0.1, 0.15) is 52.4 Å². The van der Waals surface area contributed by atoms with Crippen LogP contribution in [0.25, 0.3) is 0 Å². The molecule has 0 aromatic rings. The van der Waals surface area contributed by atoms with E-state index < -0.39 is 11.6 Å². The highest BCUT2D eigenvalue weighted by molar-refractivity contribution is 6.08. The number of hydrogen-bond donors (Lipinski definition) is 2. The number of carbonyl (C=O) groups is 3. The van der Waals surface area contributed by atoms with E-state index in [0.29, 0.717) is 24.7 Å². The second-order valence-corrected chi connectivity index (χ2v) is 7.89. The van der Waals surface area contributed by atoms with Gasteiger partial charge in [0.1, 0.15) is 5.54 Å². The van der Waals surface area contributed by atoms with Crippen LogP contribution in [0.4, 0.5) is 4.79 Å². The van der Waals surface area contributed by atoms with E-state index in [1.165, 1.54) is 6.42 Å². The number of hydrogen-bond acceptors (Lipinski definition) is 4. The molecule has 7 nitrogen and oxygen atoms in total. The maximum Gasteiger partial charge on any atom is 0.344 e. The number of carbonyl (C=O) groups excluding carboxylic acids is 3. The normalized spacial score (nSPS) is 30.5. The number of piperidine rings is 1. The van der Waals surface area contributed by atoms with Crippen molar-refractivity contribution in [1.29, 1.82) is 0 Å². The SMILES string of the molecule is C[C@H]1C[C@H](C)CN(CC(=O)NN2C(=O)NC3(CCCCC3)C2=O)C1. The van der Waals surface area contributed by atoms with Crippen molar-refractivity contribution in [2.75, 3.05) is 19.6 Å². The third-order valence-corrected chi connectivity index (χ3v) is 5.42. The van der Waals surface area contributed by atoms with Gasteiger partial charge in [-0.15, -0.1) is 0 Å². The smallest absolute Gasteiger partial charge is 0.322 e. The maximum atomic E-state index is 12.6. The van der Waals surface area contributed by atoms with Crippen molar-refractivity contribution in [2.24, 2.45) is 11.8 Å². The van der Waals surface area contributed by atoms with Gasteiger partial charge in [0.05, 0.1) is 6.54 Å². The van der Waals surface area contributed by atoms with Crippen molar-refractivity contribution < 1.29 is 14.4 Å². The molecular formula is C17H28N4O3. The zero-order valence-electron chi connectivity index (χ0n) is 14.6. The molecule has 0 unspecified atom stereocenters. The topological polar surface area (TPSA) is 81.8 Å². The number of rotatable bonds is 3. The van der Waals surface area contributed by atoms with E-state index in [1.807, 2.05) is 0 Å². The summed E-state index contributed by atoms with van der Waals surface area (Å²) in [6, 6.07) is -0.504. The molecule has 2 aliphatic heterocycles. The van der Waals surface area contributed by atoms with E-state index in [4.69, 9.17) is 0 Å². The van der Waals surface area contributed by atoms with Crippen LogP contribution in [0, 0.1) is 11.8 Å². The molecule has 1 spiro atoms. The van der Waals surface area contributed by atoms with Crippen molar-refractivity contribution in [3.8, 4) is 0 Å². The first-order chi connectivity index (χ1) is 11.4. The summed E-state index contributed by atoms with van der Waals surface area (Å²) in [5.74, 6) is 0.515. The van der Waals surface area contributed by atoms with Crippen LogP contribution in [-0.2, 0) is 9.59 Å². The number of hydrazine groups is 1. The van der Waals surface area contributed by atoms with Crippen LogP contribution >= 0.6 is 0 Å². The number of nitrogens with one attached hydrogen (secondary N) is 2. The molecule has 3 aliphatic rings. The van der Waals surface area contributed by atoms with E-state index in [1.54, 1.807) is 0 Å². The third-order valence-electron chi connectivity index (χ3n) is 5.42. The molecule has 3 fully saturated rings. The lowest BCUT2D eigenvalue weighted by Gasteiger charge is -2.34. The monoisotopic (exact) mass is 336 g/mol. The summed E-state index contributed by atoms with van der Waals surface area (Å²) in [7, 11) is 0. The molecule has 4 amide bonds. The van der Waals surface area contributed by atoms with Crippen molar-refractivity contribution >= 4 is 17.8 Å². The Morgan fingerprint density at radius 2 is 1.79 bits per heavy atom. The number of amides is 4. The molecule has 1 aliphatic carbocycles. The first-order valence-corrected chi connectivity index (χ1v) is 9.08. The Morgan fingerprint density at radius 1 is 1.17 bits per heavy atom. The van der Waals surface area contributed by atoms with Crippen LogP contribution in [0.2, 0.25) is 0 Å². The fourth-order valence-corrected chi connectivity index (χ4v) is 4.50. The summed E-state index contributed by atoms with van der Waals surface area (Å²) in [5, 5.41) is 3.69. The lowest BCUT2D eigenvalue weighted by Crippen LogP contribution is -2.53. The number of likely N-dealkylation sites (tertiary alicyclic amines) is 1. The van der Waals surface area contributed by atoms with Gasteiger partial charge in [-0.25, -0.2) is 4.79 Å². The molecule has 2 saturated heterocycles. The highest BCUT2D eigenvalue weighted by atomic mass is 16.2. The average Bonchev–Trinajstić information content (AvgIpc) is 2.71. The second kappa shape index (κ2) is 6.70. The highest BCUT2D eigenvalue weighted by Crippen LogP contribution is 2.33. The van der Waals surface area contributed by atoms with Gasteiger partial charge in [-0.1, -0.05) is 33.1 Å². The molecule has 0 radical (unpaired) electrons. The van der Waals surface area contributed by atoms with E-state index in [2.05, 4.69) is 29.5 Å². The summed E-state index contributed by atoms with van der Waals surface area (Å²) in [4.78, 5) is 39.2. The molecule has 134 valence electrons. The summed E-state index contributed by atoms with van der Waals surface area (Å²) >= 11 is 0. The van der Waals surface area contributed by atoms with Crippen LogP contribution in [0.15, 0.2) is 0 Å². The van der Waals surface area contributed by atoms with Gasteiger partial charge in [0, 0.05) is 13.1 Å². The van der Waals surface area contributed by atoms with E-state index in [9.17, 15) is 14.4 Å². The third kappa shape index (κ3) is 3.41. The molecule has 2 N–H and O–H groups in total. The average molecular weight is 336 g/mol. The largest absolute Gasteiger partial charge is 0.344 e. The Kier molecular flexibility index (Phi) is 4.80. The lowest BCUT2D eigenvalue weighted by atomic mass is 9.82. The predicted octanol–water partition coefficient (Wildman–Crippen LogP) is 1.25. The fraction of sp³-hybridized carbons (Fsp3) is 0.824. The van der Waals surface area contributed by atoms with E-state index in [0.717, 1.165) is 37.4 Å². The second-order valence-electron chi connectivity index (χ2n) is 7.89. The van der Waals surface area contributed by atoms with Gasteiger partial charge in [-0.3, -0.25) is 19.9 Å². The standard InChI is InChI=1S/C17H28N4O3/c1-12-8-13(2)10-20(9-12)11-14(22)19-21-15(23)17(18-16(21)24)6-4-3-5-7-17/h12-13H,3-11H2,1-2H3,(H,18,24)(H,19,22)/t12-,13-/m0/s1. The number of urea groups is 1. The Labute approximate surface area is 143 Å². The minimum atomic E-state index is -0.795. The first-order valence-electron chi connectivity index (χ1n) is 9.08. The Morgan fingerprint density at radius 3 is 2.42 bits per heavy atom. The van der Waals surface area contributed by atoms with Crippen LogP contribution < -0.4 is 10.7 Å².